The minimum absolute atomic E-state index is 0.0231. The van der Waals surface area contributed by atoms with Crippen LogP contribution in [0.25, 0.3) is 0 Å². The van der Waals surface area contributed by atoms with E-state index in [-0.39, 0.29) is 11.9 Å². The molecule has 1 aliphatic rings. The maximum absolute atomic E-state index is 11.7. The van der Waals surface area contributed by atoms with E-state index in [1.807, 2.05) is 14.1 Å². The SMILES string of the molecule is COC(=O)C(CN(C)C)C1CCN(C)C1. The molecular formula is C11H22N2O2. The molecule has 0 aromatic heterocycles. The molecule has 2 unspecified atom stereocenters. The summed E-state index contributed by atoms with van der Waals surface area (Å²) in [4.78, 5) is 16.0. The van der Waals surface area contributed by atoms with E-state index in [1.165, 1.54) is 7.11 Å². The highest BCUT2D eigenvalue weighted by Crippen LogP contribution is 2.24. The molecule has 0 amide bonds. The summed E-state index contributed by atoms with van der Waals surface area (Å²) < 4.78 is 4.88. The first-order valence-electron chi connectivity index (χ1n) is 5.45. The van der Waals surface area contributed by atoms with Gasteiger partial charge in [-0.2, -0.15) is 0 Å². The van der Waals surface area contributed by atoms with Crippen LogP contribution < -0.4 is 0 Å². The van der Waals surface area contributed by atoms with Crippen LogP contribution in [0.5, 0.6) is 0 Å². The maximum Gasteiger partial charge on any atom is 0.310 e. The number of methoxy groups -OCH3 is 1. The van der Waals surface area contributed by atoms with E-state index >= 15 is 0 Å². The molecule has 1 fully saturated rings. The van der Waals surface area contributed by atoms with Gasteiger partial charge in [0.1, 0.15) is 0 Å². The number of esters is 1. The predicted molar refractivity (Wildman–Crippen MR) is 59.7 cm³/mol. The molecule has 1 saturated heterocycles. The number of hydrogen-bond donors (Lipinski definition) is 0. The van der Waals surface area contributed by atoms with Gasteiger partial charge in [-0.15, -0.1) is 0 Å². The number of carbonyl (C=O) groups excluding carboxylic acids is 1. The lowest BCUT2D eigenvalue weighted by molar-refractivity contribution is -0.147. The van der Waals surface area contributed by atoms with Gasteiger partial charge in [-0.1, -0.05) is 0 Å². The van der Waals surface area contributed by atoms with Gasteiger partial charge in [0.25, 0.3) is 0 Å². The molecule has 1 heterocycles. The van der Waals surface area contributed by atoms with Crippen LogP contribution in [0.4, 0.5) is 0 Å². The highest BCUT2D eigenvalue weighted by molar-refractivity contribution is 5.73. The summed E-state index contributed by atoms with van der Waals surface area (Å²) in [5.74, 6) is 0.406. The van der Waals surface area contributed by atoms with Crippen molar-refractivity contribution in [2.75, 3.05) is 47.9 Å². The molecule has 0 aromatic carbocycles. The quantitative estimate of drug-likeness (QED) is 0.630. The summed E-state index contributed by atoms with van der Waals surface area (Å²) in [5, 5.41) is 0. The van der Waals surface area contributed by atoms with Crippen LogP contribution in [0.2, 0.25) is 0 Å². The molecular weight excluding hydrogens is 192 g/mol. The van der Waals surface area contributed by atoms with E-state index in [4.69, 9.17) is 4.74 Å². The summed E-state index contributed by atoms with van der Waals surface area (Å²) >= 11 is 0. The van der Waals surface area contributed by atoms with Crippen LogP contribution in [0, 0.1) is 11.8 Å². The Balaban J connectivity index is 2.59. The number of carbonyl (C=O) groups is 1. The largest absolute Gasteiger partial charge is 0.469 e. The summed E-state index contributed by atoms with van der Waals surface area (Å²) in [6.45, 7) is 2.88. The average molecular weight is 214 g/mol. The molecule has 0 aromatic rings. The number of hydrogen-bond acceptors (Lipinski definition) is 4. The Hall–Kier alpha value is -0.610. The van der Waals surface area contributed by atoms with E-state index in [0.717, 1.165) is 26.1 Å². The molecule has 0 radical (unpaired) electrons. The molecule has 0 saturated carbocycles. The van der Waals surface area contributed by atoms with Gasteiger partial charge >= 0.3 is 5.97 Å². The maximum atomic E-state index is 11.7. The number of rotatable bonds is 4. The van der Waals surface area contributed by atoms with Gasteiger partial charge in [-0.05, 0) is 40.0 Å². The van der Waals surface area contributed by atoms with Gasteiger partial charge in [-0.25, -0.2) is 0 Å². The first-order valence-corrected chi connectivity index (χ1v) is 5.45. The fourth-order valence-corrected chi connectivity index (χ4v) is 2.26. The summed E-state index contributed by atoms with van der Waals surface area (Å²) in [5.41, 5.74) is 0. The Labute approximate surface area is 92.2 Å². The van der Waals surface area contributed by atoms with Gasteiger partial charge in [-0.3, -0.25) is 4.79 Å². The Morgan fingerprint density at radius 3 is 2.67 bits per heavy atom. The normalized spacial score (nSPS) is 24.5. The first-order chi connectivity index (χ1) is 7.04. The van der Waals surface area contributed by atoms with Crippen LogP contribution in [-0.2, 0) is 9.53 Å². The molecule has 15 heavy (non-hydrogen) atoms. The van der Waals surface area contributed by atoms with E-state index in [1.54, 1.807) is 0 Å². The van der Waals surface area contributed by atoms with Crippen molar-refractivity contribution in [2.45, 2.75) is 6.42 Å². The molecule has 88 valence electrons. The fraction of sp³-hybridized carbons (Fsp3) is 0.909. The third-order valence-electron chi connectivity index (χ3n) is 3.06. The highest BCUT2D eigenvalue weighted by Gasteiger charge is 2.33. The summed E-state index contributed by atoms with van der Waals surface area (Å²) in [7, 11) is 7.57. The fourth-order valence-electron chi connectivity index (χ4n) is 2.26. The highest BCUT2D eigenvalue weighted by atomic mass is 16.5. The minimum atomic E-state index is -0.0657. The van der Waals surface area contributed by atoms with Crippen LogP contribution in [0.15, 0.2) is 0 Å². The van der Waals surface area contributed by atoms with Gasteiger partial charge in [0.05, 0.1) is 13.0 Å². The Kier molecular flexibility index (Phi) is 4.54. The van der Waals surface area contributed by atoms with E-state index < -0.39 is 0 Å². The number of ether oxygens (including phenoxy) is 1. The van der Waals surface area contributed by atoms with Crippen molar-refractivity contribution in [1.82, 2.24) is 9.80 Å². The minimum Gasteiger partial charge on any atom is -0.469 e. The molecule has 0 bridgehead atoms. The zero-order chi connectivity index (χ0) is 11.4. The molecule has 4 nitrogen and oxygen atoms in total. The summed E-state index contributed by atoms with van der Waals surface area (Å²) in [6, 6.07) is 0. The van der Waals surface area contributed by atoms with Gasteiger partial charge in [0, 0.05) is 13.1 Å². The van der Waals surface area contributed by atoms with Crippen molar-refractivity contribution >= 4 is 5.97 Å². The molecule has 1 aliphatic heterocycles. The molecule has 0 spiro atoms. The third kappa shape index (κ3) is 3.47. The van der Waals surface area contributed by atoms with Crippen molar-refractivity contribution in [2.24, 2.45) is 11.8 Å². The molecule has 2 atom stereocenters. The molecule has 1 rings (SSSR count). The van der Waals surface area contributed by atoms with Crippen molar-refractivity contribution in [3.05, 3.63) is 0 Å². The number of nitrogens with zero attached hydrogens (tertiary/aromatic N) is 2. The number of likely N-dealkylation sites (tertiary alicyclic amines) is 1. The topological polar surface area (TPSA) is 32.8 Å². The molecule has 0 N–H and O–H groups in total. The lowest BCUT2D eigenvalue weighted by Crippen LogP contribution is -2.35. The van der Waals surface area contributed by atoms with E-state index in [9.17, 15) is 4.79 Å². The third-order valence-corrected chi connectivity index (χ3v) is 3.06. The predicted octanol–water partition coefficient (Wildman–Crippen LogP) is 0.289. The lowest BCUT2D eigenvalue weighted by atomic mass is 9.91. The Morgan fingerprint density at radius 2 is 2.27 bits per heavy atom. The smallest absolute Gasteiger partial charge is 0.310 e. The van der Waals surface area contributed by atoms with E-state index in [2.05, 4.69) is 16.8 Å². The second-order valence-electron chi connectivity index (χ2n) is 4.70. The van der Waals surface area contributed by atoms with Gasteiger partial charge in [0.15, 0.2) is 0 Å². The van der Waals surface area contributed by atoms with Gasteiger partial charge in [0.2, 0.25) is 0 Å². The standard InChI is InChI=1S/C11H22N2O2/c1-12(2)8-10(11(14)15-4)9-5-6-13(3)7-9/h9-10H,5-8H2,1-4H3. The van der Waals surface area contributed by atoms with Gasteiger partial charge < -0.3 is 14.5 Å². The second kappa shape index (κ2) is 5.47. The van der Waals surface area contributed by atoms with Crippen molar-refractivity contribution < 1.29 is 9.53 Å². The lowest BCUT2D eigenvalue weighted by Gasteiger charge is -2.24. The summed E-state index contributed by atoms with van der Waals surface area (Å²) in [6.07, 6.45) is 1.10. The molecule has 0 aliphatic carbocycles. The van der Waals surface area contributed by atoms with Crippen molar-refractivity contribution in [3.63, 3.8) is 0 Å². The van der Waals surface area contributed by atoms with Crippen LogP contribution >= 0.6 is 0 Å². The molecule has 4 heteroatoms. The van der Waals surface area contributed by atoms with Crippen molar-refractivity contribution in [1.29, 1.82) is 0 Å². The van der Waals surface area contributed by atoms with Crippen LogP contribution in [0.1, 0.15) is 6.42 Å². The zero-order valence-corrected chi connectivity index (χ0v) is 10.2. The average Bonchev–Trinajstić information content (AvgIpc) is 2.59. The Morgan fingerprint density at radius 1 is 1.60 bits per heavy atom. The Bertz CT molecular complexity index is 219. The van der Waals surface area contributed by atoms with Crippen molar-refractivity contribution in [3.8, 4) is 0 Å². The van der Waals surface area contributed by atoms with E-state index in [0.29, 0.717) is 5.92 Å². The first kappa shape index (κ1) is 12.5. The monoisotopic (exact) mass is 214 g/mol. The van der Waals surface area contributed by atoms with Crippen LogP contribution in [0.3, 0.4) is 0 Å². The van der Waals surface area contributed by atoms with Crippen LogP contribution in [-0.4, -0.2) is 63.7 Å². The second-order valence-corrected chi connectivity index (χ2v) is 4.70. The zero-order valence-electron chi connectivity index (χ0n) is 10.2.